The van der Waals surface area contributed by atoms with Gasteiger partial charge in [-0.15, -0.1) is 0 Å². The first-order chi connectivity index (χ1) is 12.0. The Morgan fingerprint density at radius 2 is 2.08 bits per heavy atom. The van der Waals surface area contributed by atoms with Gasteiger partial charge in [0.15, 0.2) is 17.2 Å². The molecule has 0 radical (unpaired) electrons. The van der Waals surface area contributed by atoms with Gasteiger partial charge < -0.3 is 24.6 Å². The van der Waals surface area contributed by atoms with Crippen LogP contribution in [0.25, 0.3) is 0 Å². The Bertz CT molecular complexity index is 621. The first-order valence-corrected chi connectivity index (χ1v) is 8.24. The van der Waals surface area contributed by atoms with Gasteiger partial charge >= 0.3 is 5.97 Å². The van der Waals surface area contributed by atoms with Gasteiger partial charge in [-0.25, -0.2) is 9.78 Å². The van der Waals surface area contributed by atoms with E-state index in [0.717, 1.165) is 19.3 Å². The van der Waals surface area contributed by atoms with E-state index >= 15 is 0 Å². The van der Waals surface area contributed by atoms with Crippen LogP contribution in [0.1, 0.15) is 43.1 Å². The number of cyclic esters (lactones) is 1. The van der Waals surface area contributed by atoms with Crippen molar-refractivity contribution in [1.82, 2.24) is 10.3 Å². The lowest BCUT2D eigenvalue weighted by Gasteiger charge is -2.23. The average Bonchev–Trinajstić information content (AvgIpc) is 2.65. The second kappa shape index (κ2) is 8.66. The fraction of sp³-hybridized carbons (Fsp3) is 0.588. The van der Waals surface area contributed by atoms with Crippen LogP contribution >= 0.6 is 0 Å². The highest BCUT2D eigenvalue weighted by atomic mass is 16.6. The third kappa shape index (κ3) is 4.60. The van der Waals surface area contributed by atoms with Crippen LogP contribution in [0.4, 0.5) is 0 Å². The van der Waals surface area contributed by atoms with Crippen molar-refractivity contribution >= 4 is 11.9 Å². The molecule has 8 heteroatoms. The fourth-order valence-electron chi connectivity index (χ4n) is 2.82. The third-order valence-corrected chi connectivity index (χ3v) is 4.27. The molecule has 25 heavy (non-hydrogen) atoms. The zero-order chi connectivity index (χ0) is 18.4. The van der Waals surface area contributed by atoms with E-state index in [1.54, 1.807) is 14.0 Å². The summed E-state index contributed by atoms with van der Waals surface area (Å²) in [6.07, 6.45) is 3.60. The Balaban J connectivity index is 2.12. The lowest BCUT2D eigenvalue weighted by atomic mass is 10.1. The van der Waals surface area contributed by atoms with Gasteiger partial charge in [-0.2, -0.15) is 0 Å². The summed E-state index contributed by atoms with van der Waals surface area (Å²) in [6.45, 7) is 1.77. The highest BCUT2D eigenvalue weighted by Gasteiger charge is 2.30. The lowest BCUT2D eigenvalue weighted by molar-refractivity contribution is -0.156. The van der Waals surface area contributed by atoms with Gasteiger partial charge in [-0.3, -0.25) is 4.79 Å². The molecule has 8 nitrogen and oxygen atoms in total. The van der Waals surface area contributed by atoms with E-state index in [9.17, 15) is 14.7 Å². The number of hydrogen-bond acceptors (Lipinski definition) is 7. The fourth-order valence-corrected chi connectivity index (χ4v) is 2.82. The summed E-state index contributed by atoms with van der Waals surface area (Å²) in [5.74, 6) is -1.42. The van der Waals surface area contributed by atoms with E-state index in [2.05, 4.69) is 10.3 Å². The van der Waals surface area contributed by atoms with E-state index in [0.29, 0.717) is 6.42 Å². The van der Waals surface area contributed by atoms with Crippen LogP contribution in [-0.2, 0) is 14.3 Å². The number of nitrogens with one attached hydrogen (secondary N) is 1. The predicted octanol–water partition coefficient (Wildman–Crippen LogP) is 1.41. The summed E-state index contributed by atoms with van der Waals surface area (Å²) < 4.78 is 15.7. The third-order valence-electron chi connectivity index (χ3n) is 4.27. The number of ether oxygens (including phenoxy) is 3. The normalized spacial score (nSPS) is 24.4. The Morgan fingerprint density at radius 3 is 2.76 bits per heavy atom. The van der Waals surface area contributed by atoms with Crippen molar-refractivity contribution in [2.24, 2.45) is 0 Å². The minimum absolute atomic E-state index is 0.133. The smallest absolute Gasteiger partial charge is 0.329 e. The molecule has 0 spiro atoms. The quantitative estimate of drug-likeness (QED) is 0.789. The number of nitrogens with zero attached hydrogens (tertiary/aromatic N) is 1. The highest BCUT2D eigenvalue weighted by Crippen LogP contribution is 2.27. The molecular formula is C17H24N2O6. The molecule has 1 aliphatic rings. The van der Waals surface area contributed by atoms with Crippen molar-refractivity contribution in [3.63, 3.8) is 0 Å². The molecule has 1 aromatic heterocycles. The number of rotatable bonds is 4. The molecule has 0 bridgehead atoms. The number of aromatic nitrogens is 1. The van der Waals surface area contributed by atoms with Crippen molar-refractivity contribution in [2.45, 2.75) is 50.9 Å². The molecule has 3 atom stereocenters. The summed E-state index contributed by atoms with van der Waals surface area (Å²) in [7, 11) is 2.96. The van der Waals surface area contributed by atoms with Gasteiger partial charge in [0.1, 0.15) is 12.1 Å². The standard InChI is InChI=1S/C17H24N2O6/c1-10-12(23-2)7-5-4-6-11(17(22)25-10)19-16(21)14-15(20)13(24-3)8-9-18-14/h8-12,20H,4-7H2,1-3H3,(H,19,21)/t10-,11-,12+/m0/s1. The molecule has 1 saturated heterocycles. The predicted molar refractivity (Wildman–Crippen MR) is 88.5 cm³/mol. The van der Waals surface area contributed by atoms with Crippen LogP contribution in [-0.4, -0.2) is 54.4 Å². The SMILES string of the molecule is COc1ccnc(C(=O)N[C@H]2CCCC[C@@H](OC)[C@H](C)OC2=O)c1O. The van der Waals surface area contributed by atoms with Crippen LogP contribution in [0.2, 0.25) is 0 Å². The maximum atomic E-state index is 12.4. The van der Waals surface area contributed by atoms with Crippen LogP contribution in [0.15, 0.2) is 12.3 Å². The maximum absolute atomic E-state index is 12.4. The van der Waals surface area contributed by atoms with Crippen molar-refractivity contribution in [3.8, 4) is 11.5 Å². The van der Waals surface area contributed by atoms with E-state index in [4.69, 9.17) is 14.2 Å². The van der Waals surface area contributed by atoms with Gasteiger partial charge in [0, 0.05) is 19.4 Å². The van der Waals surface area contributed by atoms with E-state index in [1.165, 1.54) is 19.4 Å². The Morgan fingerprint density at radius 1 is 1.36 bits per heavy atom. The van der Waals surface area contributed by atoms with Crippen molar-refractivity contribution in [1.29, 1.82) is 0 Å². The number of hydrogen-bond donors (Lipinski definition) is 2. The maximum Gasteiger partial charge on any atom is 0.329 e. The van der Waals surface area contributed by atoms with Crippen LogP contribution in [0.5, 0.6) is 11.5 Å². The zero-order valence-electron chi connectivity index (χ0n) is 14.7. The minimum atomic E-state index is -0.807. The molecule has 0 aromatic carbocycles. The van der Waals surface area contributed by atoms with Crippen LogP contribution < -0.4 is 10.1 Å². The highest BCUT2D eigenvalue weighted by molar-refractivity contribution is 5.97. The average molecular weight is 352 g/mol. The number of amides is 1. The summed E-state index contributed by atoms with van der Waals surface area (Å²) in [4.78, 5) is 28.6. The number of carbonyl (C=O) groups excluding carboxylic acids is 2. The van der Waals surface area contributed by atoms with E-state index in [1.807, 2.05) is 0 Å². The van der Waals surface area contributed by atoms with Crippen molar-refractivity contribution in [2.75, 3.05) is 14.2 Å². The first-order valence-electron chi connectivity index (χ1n) is 8.24. The minimum Gasteiger partial charge on any atom is -0.503 e. The van der Waals surface area contributed by atoms with Crippen LogP contribution in [0.3, 0.4) is 0 Å². The summed E-state index contributed by atoms with van der Waals surface area (Å²) >= 11 is 0. The van der Waals surface area contributed by atoms with Gasteiger partial charge in [0.25, 0.3) is 5.91 Å². The largest absolute Gasteiger partial charge is 0.503 e. The number of aromatic hydroxyl groups is 1. The summed E-state index contributed by atoms with van der Waals surface area (Å²) in [5.41, 5.74) is -0.199. The first kappa shape index (κ1) is 19.0. The molecule has 1 aromatic rings. The van der Waals surface area contributed by atoms with Gasteiger partial charge in [-0.05, 0) is 19.8 Å². The van der Waals surface area contributed by atoms with Gasteiger partial charge in [0.2, 0.25) is 0 Å². The second-order valence-electron chi connectivity index (χ2n) is 5.94. The summed E-state index contributed by atoms with van der Waals surface area (Å²) in [5, 5.41) is 12.6. The molecule has 2 heterocycles. The van der Waals surface area contributed by atoms with Crippen molar-refractivity contribution in [3.05, 3.63) is 18.0 Å². The molecule has 0 unspecified atom stereocenters. The zero-order valence-corrected chi connectivity index (χ0v) is 14.7. The van der Waals surface area contributed by atoms with Crippen LogP contribution in [0, 0.1) is 0 Å². The summed E-state index contributed by atoms with van der Waals surface area (Å²) in [6, 6.07) is 0.630. The lowest BCUT2D eigenvalue weighted by Crippen LogP contribution is -2.43. The molecule has 138 valence electrons. The Labute approximate surface area is 146 Å². The molecule has 2 rings (SSSR count). The molecule has 1 aliphatic heterocycles. The monoisotopic (exact) mass is 352 g/mol. The van der Waals surface area contributed by atoms with Gasteiger partial charge in [-0.1, -0.05) is 12.8 Å². The molecule has 0 saturated carbocycles. The molecular weight excluding hydrogens is 328 g/mol. The van der Waals surface area contributed by atoms with Gasteiger partial charge in [0.05, 0.1) is 13.2 Å². The number of methoxy groups -OCH3 is 2. The number of esters is 1. The topological polar surface area (TPSA) is 107 Å². The second-order valence-corrected chi connectivity index (χ2v) is 5.94. The van der Waals surface area contributed by atoms with Crippen molar-refractivity contribution < 1.29 is 28.9 Å². The number of pyridine rings is 1. The van der Waals surface area contributed by atoms with E-state index < -0.39 is 24.0 Å². The molecule has 1 fully saturated rings. The Hall–Kier alpha value is -2.35. The number of carbonyl (C=O) groups is 2. The molecule has 2 N–H and O–H groups in total. The van der Waals surface area contributed by atoms with E-state index in [-0.39, 0.29) is 23.3 Å². The molecule has 1 amide bonds. The Kier molecular flexibility index (Phi) is 6.58. The molecule has 0 aliphatic carbocycles.